The maximum absolute atomic E-state index is 10.2. The molecule has 0 fully saturated rings. The number of hydrogen-bond donors (Lipinski definition) is 2. The highest BCUT2D eigenvalue weighted by Gasteiger charge is 2.13. The number of carboxylic acid groups (broad SMARTS) is 1. The van der Waals surface area contributed by atoms with Crippen molar-refractivity contribution in [1.82, 2.24) is 15.5 Å². The van der Waals surface area contributed by atoms with E-state index < -0.39 is 12.1 Å². The summed E-state index contributed by atoms with van der Waals surface area (Å²) in [6.45, 7) is 3.29. The molecule has 0 radical (unpaired) electrons. The molecule has 0 aliphatic rings. The van der Waals surface area contributed by atoms with Crippen LogP contribution in [0.3, 0.4) is 0 Å². The zero-order valence-corrected chi connectivity index (χ0v) is 6.74. The molecule has 2 N–H and O–H groups in total. The molecule has 6 heteroatoms. The van der Waals surface area contributed by atoms with Gasteiger partial charge in [-0.25, -0.2) is 4.79 Å². The lowest BCUT2D eigenvalue weighted by Crippen LogP contribution is -2.24. The van der Waals surface area contributed by atoms with E-state index in [2.05, 4.69) is 15.5 Å². The molecule has 0 aliphatic heterocycles. The molecule has 6 nitrogen and oxygen atoms in total. The van der Waals surface area contributed by atoms with E-state index in [0.717, 1.165) is 0 Å². The molecule has 1 aromatic rings. The topological polar surface area (TPSA) is 88.2 Å². The molecule has 0 saturated heterocycles. The highest BCUT2D eigenvalue weighted by atomic mass is 16.5. The third kappa shape index (κ3) is 1.94. The zero-order valence-electron chi connectivity index (χ0n) is 6.74. The van der Waals surface area contributed by atoms with Crippen LogP contribution in [-0.2, 0) is 0 Å². The van der Waals surface area contributed by atoms with E-state index in [4.69, 9.17) is 9.63 Å². The molecule has 0 aromatic carbocycles. The maximum atomic E-state index is 10.2. The highest BCUT2D eigenvalue weighted by Crippen LogP contribution is 2.07. The summed E-state index contributed by atoms with van der Waals surface area (Å²) in [5.41, 5.74) is 0. The number of aromatic nitrogens is 2. The lowest BCUT2D eigenvalue weighted by molar-refractivity contribution is 0.187. The van der Waals surface area contributed by atoms with Gasteiger partial charge in [0.1, 0.15) is 6.04 Å². The fourth-order valence-corrected chi connectivity index (χ4v) is 0.736. The lowest BCUT2D eigenvalue weighted by Gasteiger charge is -2.03. The van der Waals surface area contributed by atoms with Crippen LogP contribution in [0.15, 0.2) is 4.52 Å². The van der Waals surface area contributed by atoms with Gasteiger partial charge in [-0.2, -0.15) is 4.98 Å². The molecule has 0 saturated carbocycles. The standard InChI is InChI=1S/C6H9N3O3/c1-3(7-6(10)11)5-8-4(2)9-12-5/h3,7H,1-2H3,(H,10,11)/t3-/m1/s1. The van der Waals surface area contributed by atoms with Crippen LogP contribution < -0.4 is 5.32 Å². The van der Waals surface area contributed by atoms with Gasteiger partial charge < -0.3 is 14.9 Å². The number of aryl methyl sites for hydroxylation is 1. The Morgan fingerprint density at radius 2 is 2.42 bits per heavy atom. The number of rotatable bonds is 2. The Bertz CT molecular complexity index is 283. The van der Waals surface area contributed by atoms with E-state index >= 15 is 0 Å². The van der Waals surface area contributed by atoms with Gasteiger partial charge >= 0.3 is 6.09 Å². The summed E-state index contributed by atoms with van der Waals surface area (Å²) in [6.07, 6.45) is -1.11. The molecular formula is C6H9N3O3. The van der Waals surface area contributed by atoms with Crippen LogP contribution >= 0.6 is 0 Å². The van der Waals surface area contributed by atoms with Crippen LogP contribution in [0, 0.1) is 6.92 Å². The van der Waals surface area contributed by atoms with E-state index in [-0.39, 0.29) is 5.89 Å². The summed E-state index contributed by atoms with van der Waals surface area (Å²) in [7, 11) is 0. The zero-order chi connectivity index (χ0) is 9.14. The predicted octanol–water partition coefficient (Wildman–Crippen LogP) is 0.707. The third-order valence-electron chi connectivity index (χ3n) is 1.25. The number of hydrogen-bond acceptors (Lipinski definition) is 4. The van der Waals surface area contributed by atoms with Crippen LogP contribution in [0.25, 0.3) is 0 Å². The Kier molecular flexibility index (Phi) is 2.27. The van der Waals surface area contributed by atoms with Crippen molar-refractivity contribution in [2.24, 2.45) is 0 Å². The Balaban J connectivity index is 2.64. The molecule has 1 heterocycles. The molecule has 66 valence electrons. The van der Waals surface area contributed by atoms with Crippen LogP contribution in [0.5, 0.6) is 0 Å². The van der Waals surface area contributed by atoms with Crippen LogP contribution in [0.2, 0.25) is 0 Å². The maximum Gasteiger partial charge on any atom is 0.405 e. The van der Waals surface area contributed by atoms with Gasteiger partial charge in [0.25, 0.3) is 0 Å². The van der Waals surface area contributed by atoms with Crippen molar-refractivity contribution in [3.05, 3.63) is 11.7 Å². The molecule has 1 aromatic heterocycles. The van der Waals surface area contributed by atoms with Crippen LogP contribution in [0.1, 0.15) is 24.7 Å². The van der Waals surface area contributed by atoms with Gasteiger partial charge in [0.05, 0.1) is 0 Å². The second kappa shape index (κ2) is 3.21. The van der Waals surface area contributed by atoms with E-state index in [1.54, 1.807) is 13.8 Å². The minimum atomic E-state index is -1.11. The summed E-state index contributed by atoms with van der Waals surface area (Å²) in [6, 6.07) is -0.469. The van der Waals surface area contributed by atoms with Crippen molar-refractivity contribution in [2.45, 2.75) is 19.9 Å². The van der Waals surface area contributed by atoms with Gasteiger partial charge in [-0.15, -0.1) is 0 Å². The SMILES string of the molecule is Cc1noc([C@@H](C)NC(=O)O)n1. The van der Waals surface area contributed by atoms with Crippen LogP contribution in [0.4, 0.5) is 4.79 Å². The van der Waals surface area contributed by atoms with Crippen molar-refractivity contribution in [3.63, 3.8) is 0 Å². The number of carbonyl (C=O) groups is 1. The first-order valence-electron chi connectivity index (χ1n) is 3.39. The molecule has 0 bridgehead atoms. The van der Waals surface area contributed by atoms with Gasteiger partial charge in [0.2, 0.25) is 5.89 Å². The number of amides is 1. The monoisotopic (exact) mass is 171 g/mol. The fourth-order valence-electron chi connectivity index (χ4n) is 0.736. The van der Waals surface area contributed by atoms with Gasteiger partial charge in [0, 0.05) is 0 Å². The largest absolute Gasteiger partial charge is 0.465 e. The predicted molar refractivity (Wildman–Crippen MR) is 38.6 cm³/mol. The molecule has 1 atom stereocenters. The molecule has 1 amide bonds. The van der Waals surface area contributed by atoms with E-state index in [1.165, 1.54) is 0 Å². The van der Waals surface area contributed by atoms with Gasteiger partial charge in [-0.05, 0) is 13.8 Å². The fraction of sp³-hybridized carbons (Fsp3) is 0.500. The normalized spacial score (nSPS) is 12.5. The van der Waals surface area contributed by atoms with Gasteiger partial charge in [0.15, 0.2) is 5.82 Å². The van der Waals surface area contributed by atoms with E-state index in [9.17, 15) is 4.79 Å². The smallest absolute Gasteiger partial charge is 0.405 e. The van der Waals surface area contributed by atoms with Crippen molar-refractivity contribution in [1.29, 1.82) is 0 Å². The highest BCUT2D eigenvalue weighted by molar-refractivity contribution is 5.64. The Labute approximate surface area is 68.6 Å². The van der Waals surface area contributed by atoms with Crippen molar-refractivity contribution in [2.75, 3.05) is 0 Å². The van der Waals surface area contributed by atoms with Gasteiger partial charge in [-0.3, -0.25) is 0 Å². The second-order valence-electron chi connectivity index (χ2n) is 2.35. The summed E-state index contributed by atoms with van der Waals surface area (Å²) in [4.78, 5) is 14.0. The summed E-state index contributed by atoms with van der Waals surface area (Å²) in [5.74, 6) is 0.763. The first-order chi connectivity index (χ1) is 5.59. The van der Waals surface area contributed by atoms with Crippen molar-refractivity contribution >= 4 is 6.09 Å². The minimum Gasteiger partial charge on any atom is -0.465 e. The Morgan fingerprint density at radius 3 is 2.83 bits per heavy atom. The van der Waals surface area contributed by atoms with Crippen molar-refractivity contribution in [3.8, 4) is 0 Å². The molecule has 12 heavy (non-hydrogen) atoms. The average Bonchev–Trinajstić information content (AvgIpc) is 2.34. The minimum absolute atomic E-state index is 0.273. The molecule has 0 aliphatic carbocycles. The average molecular weight is 171 g/mol. The molecular weight excluding hydrogens is 162 g/mol. The van der Waals surface area contributed by atoms with Gasteiger partial charge in [-0.1, -0.05) is 5.16 Å². The quantitative estimate of drug-likeness (QED) is 0.683. The van der Waals surface area contributed by atoms with E-state index in [0.29, 0.717) is 5.82 Å². The number of nitrogens with zero attached hydrogens (tertiary/aromatic N) is 2. The van der Waals surface area contributed by atoms with Crippen molar-refractivity contribution < 1.29 is 14.4 Å². The Morgan fingerprint density at radius 1 is 1.75 bits per heavy atom. The summed E-state index contributed by atoms with van der Waals surface area (Å²) >= 11 is 0. The third-order valence-corrected chi connectivity index (χ3v) is 1.25. The molecule has 0 spiro atoms. The molecule has 1 rings (SSSR count). The van der Waals surface area contributed by atoms with Crippen LogP contribution in [-0.4, -0.2) is 21.3 Å². The first-order valence-corrected chi connectivity index (χ1v) is 3.39. The first kappa shape index (κ1) is 8.51. The lowest BCUT2D eigenvalue weighted by atomic mass is 10.3. The Hall–Kier alpha value is -1.59. The van der Waals surface area contributed by atoms with E-state index in [1.807, 2.05) is 0 Å². The second-order valence-corrected chi connectivity index (χ2v) is 2.35. The summed E-state index contributed by atoms with van der Waals surface area (Å²) < 4.78 is 4.74. The number of nitrogens with one attached hydrogen (secondary N) is 1. The molecule has 0 unspecified atom stereocenters. The summed E-state index contributed by atoms with van der Waals surface area (Å²) in [5, 5.41) is 14.1.